The molecule has 0 aliphatic heterocycles. The van der Waals surface area contributed by atoms with Crippen molar-refractivity contribution in [1.29, 1.82) is 5.26 Å². The molecular formula is C10H6FNO. The number of benzene rings is 1. The first-order valence-electron chi connectivity index (χ1n) is 3.80. The number of halogens is 1. The van der Waals surface area contributed by atoms with Gasteiger partial charge in [0.15, 0.2) is 0 Å². The molecule has 0 N–H and O–H groups in total. The Labute approximate surface area is 74.2 Å². The molecule has 13 heavy (non-hydrogen) atoms. The number of nitriles is 1. The summed E-state index contributed by atoms with van der Waals surface area (Å²) >= 11 is 0. The zero-order valence-electron chi connectivity index (χ0n) is 6.97. The minimum atomic E-state index is -0.347. The molecule has 0 aliphatic carbocycles. The van der Waals surface area contributed by atoms with E-state index in [2.05, 4.69) is 0 Å². The Morgan fingerprint density at radius 2 is 2.15 bits per heavy atom. The minimum Gasteiger partial charge on any atom is -0.445 e. The van der Waals surface area contributed by atoms with Gasteiger partial charge in [-0.05, 0) is 24.6 Å². The highest BCUT2D eigenvalue weighted by Gasteiger charge is 2.07. The maximum absolute atomic E-state index is 13.2. The van der Waals surface area contributed by atoms with Crippen LogP contribution in [-0.2, 0) is 0 Å². The summed E-state index contributed by atoms with van der Waals surface area (Å²) < 4.78 is 18.3. The van der Waals surface area contributed by atoms with E-state index in [1.165, 1.54) is 12.1 Å². The van der Waals surface area contributed by atoms with Gasteiger partial charge in [-0.1, -0.05) is 0 Å². The van der Waals surface area contributed by atoms with Crippen LogP contribution in [0.4, 0.5) is 4.39 Å². The van der Waals surface area contributed by atoms with Gasteiger partial charge < -0.3 is 4.42 Å². The Hall–Kier alpha value is -1.82. The molecule has 0 atom stereocenters. The van der Waals surface area contributed by atoms with Gasteiger partial charge in [0, 0.05) is 6.07 Å². The molecule has 0 fully saturated rings. The summed E-state index contributed by atoms with van der Waals surface area (Å²) in [5, 5.41) is 8.90. The minimum absolute atomic E-state index is 0.138. The van der Waals surface area contributed by atoms with Crippen molar-refractivity contribution < 1.29 is 8.81 Å². The summed E-state index contributed by atoms with van der Waals surface area (Å²) in [6.07, 6.45) is 0. The Morgan fingerprint density at radius 1 is 1.38 bits per heavy atom. The van der Waals surface area contributed by atoms with E-state index < -0.39 is 0 Å². The predicted molar refractivity (Wildman–Crippen MR) is 45.6 cm³/mol. The average Bonchev–Trinajstić information content (AvgIpc) is 2.47. The number of hydrogen-bond acceptors (Lipinski definition) is 2. The van der Waals surface area contributed by atoms with E-state index in [0.29, 0.717) is 11.0 Å². The maximum Gasteiger partial charge on any atom is 0.204 e. The molecule has 1 aromatic carbocycles. The van der Waals surface area contributed by atoms with Gasteiger partial charge in [0.1, 0.15) is 17.5 Å². The van der Waals surface area contributed by atoms with E-state index in [0.717, 1.165) is 5.56 Å². The number of nitrogens with zero attached hydrogens (tertiary/aromatic N) is 1. The number of furan rings is 1. The molecule has 3 heteroatoms. The summed E-state index contributed by atoms with van der Waals surface area (Å²) in [5.41, 5.74) is 1.21. The van der Waals surface area contributed by atoms with E-state index >= 15 is 0 Å². The lowest BCUT2D eigenvalue weighted by Gasteiger charge is -1.92. The van der Waals surface area contributed by atoms with Gasteiger partial charge in [-0.3, -0.25) is 0 Å². The van der Waals surface area contributed by atoms with Gasteiger partial charge in [0.05, 0.1) is 5.39 Å². The first-order chi connectivity index (χ1) is 6.20. The molecule has 2 nitrogen and oxygen atoms in total. The molecule has 0 amide bonds. The van der Waals surface area contributed by atoms with Crippen LogP contribution in [0, 0.1) is 24.1 Å². The molecule has 0 saturated heterocycles. The van der Waals surface area contributed by atoms with Crippen molar-refractivity contribution in [3.8, 4) is 6.07 Å². The lowest BCUT2D eigenvalue weighted by atomic mass is 10.2. The SMILES string of the molecule is Cc1cc(F)c2cc(C#N)oc2c1. The highest BCUT2D eigenvalue weighted by atomic mass is 19.1. The van der Waals surface area contributed by atoms with Crippen LogP contribution in [0.2, 0.25) is 0 Å². The lowest BCUT2D eigenvalue weighted by molar-refractivity contribution is 0.596. The van der Waals surface area contributed by atoms with Gasteiger partial charge in [-0.25, -0.2) is 4.39 Å². The second-order valence-corrected chi connectivity index (χ2v) is 2.88. The molecule has 0 aliphatic rings. The third-order valence-corrected chi connectivity index (χ3v) is 1.84. The van der Waals surface area contributed by atoms with E-state index in [1.807, 2.05) is 6.07 Å². The fourth-order valence-corrected chi connectivity index (χ4v) is 1.28. The van der Waals surface area contributed by atoms with E-state index in [-0.39, 0.29) is 11.6 Å². The second-order valence-electron chi connectivity index (χ2n) is 2.88. The Kier molecular flexibility index (Phi) is 1.56. The summed E-state index contributed by atoms with van der Waals surface area (Å²) in [6.45, 7) is 1.77. The van der Waals surface area contributed by atoms with Crippen molar-refractivity contribution in [2.24, 2.45) is 0 Å². The zero-order chi connectivity index (χ0) is 9.42. The van der Waals surface area contributed by atoms with Crippen LogP contribution in [-0.4, -0.2) is 0 Å². The largest absolute Gasteiger partial charge is 0.445 e. The molecule has 0 bridgehead atoms. The van der Waals surface area contributed by atoms with Crippen LogP contribution >= 0.6 is 0 Å². The molecule has 0 spiro atoms. The van der Waals surface area contributed by atoms with Crippen molar-refractivity contribution in [2.45, 2.75) is 6.92 Å². The topological polar surface area (TPSA) is 36.9 Å². The van der Waals surface area contributed by atoms with Gasteiger partial charge in [-0.2, -0.15) is 5.26 Å². The monoisotopic (exact) mass is 175 g/mol. The van der Waals surface area contributed by atoms with Crippen molar-refractivity contribution in [3.63, 3.8) is 0 Å². The van der Waals surface area contributed by atoms with Gasteiger partial charge in [0.2, 0.25) is 5.76 Å². The highest BCUT2D eigenvalue weighted by molar-refractivity contribution is 5.80. The highest BCUT2D eigenvalue weighted by Crippen LogP contribution is 2.23. The number of rotatable bonds is 0. The first-order valence-corrected chi connectivity index (χ1v) is 3.80. The average molecular weight is 175 g/mol. The van der Waals surface area contributed by atoms with Crippen LogP contribution in [0.25, 0.3) is 11.0 Å². The normalized spacial score (nSPS) is 10.2. The smallest absolute Gasteiger partial charge is 0.204 e. The fourth-order valence-electron chi connectivity index (χ4n) is 1.28. The van der Waals surface area contributed by atoms with Crippen molar-refractivity contribution >= 4 is 11.0 Å². The van der Waals surface area contributed by atoms with Crippen molar-refractivity contribution in [1.82, 2.24) is 0 Å². The summed E-state index contributed by atoms with van der Waals surface area (Å²) in [5.74, 6) is -0.209. The molecule has 2 rings (SSSR count). The van der Waals surface area contributed by atoms with Crippen LogP contribution in [0.1, 0.15) is 11.3 Å². The quantitative estimate of drug-likeness (QED) is 0.617. The lowest BCUT2D eigenvalue weighted by Crippen LogP contribution is -1.77. The Balaban J connectivity index is 2.84. The van der Waals surface area contributed by atoms with Crippen LogP contribution in [0.3, 0.4) is 0 Å². The van der Waals surface area contributed by atoms with Gasteiger partial charge in [-0.15, -0.1) is 0 Å². The fraction of sp³-hybridized carbons (Fsp3) is 0.100. The third-order valence-electron chi connectivity index (χ3n) is 1.84. The zero-order valence-corrected chi connectivity index (χ0v) is 6.97. The summed E-state index contributed by atoms with van der Waals surface area (Å²) in [6, 6.07) is 6.36. The Bertz CT molecular complexity index is 507. The molecule has 1 heterocycles. The number of aryl methyl sites for hydroxylation is 1. The third kappa shape index (κ3) is 1.17. The maximum atomic E-state index is 13.2. The molecule has 2 aromatic rings. The summed E-state index contributed by atoms with van der Waals surface area (Å²) in [7, 11) is 0. The van der Waals surface area contributed by atoms with Crippen LogP contribution in [0.15, 0.2) is 22.6 Å². The van der Waals surface area contributed by atoms with Gasteiger partial charge in [0.25, 0.3) is 0 Å². The molecule has 0 radical (unpaired) electrons. The first kappa shape index (κ1) is 7.81. The van der Waals surface area contributed by atoms with E-state index in [9.17, 15) is 4.39 Å². The van der Waals surface area contributed by atoms with E-state index in [4.69, 9.17) is 9.68 Å². The molecule has 64 valence electrons. The Morgan fingerprint density at radius 3 is 2.85 bits per heavy atom. The number of fused-ring (bicyclic) bond motifs is 1. The molecule has 0 saturated carbocycles. The molecule has 1 aromatic heterocycles. The van der Waals surface area contributed by atoms with Crippen molar-refractivity contribution in [2.75, 3.05) is 0 Å². The van der Waals surface area contributed by atoms with Crippen molar-refractivity contribution in [3.05, 3.63) is 35.3 Å². The van der Waals surface area contributed by atoms with Crippen LogP contribution < -0.4 is 0 Å². The van der Waals surface area contributed by atoms with Gasteiger partial charge >= 0.3 is 0 Å². The second kappa shape index (κ2) is 2.60. The molecular weight excluding hydrogens is 169 g/mol. The summed E-state index contributed by atoms with van der Waals surface area (Å²) in [4.78, 5) is 0. The van der Waals surface area contributed by atoms with E-state index in [1.54, 1.807) is 13.0 Å². The molecule has 0 unspecified atom stereocenters. The standard InChI is InChI=1S/C10H6FNO/c1-6-2-9(11)8-4-7(5-12)13-10(8)3-6/h2-4H,1H3. The number of hydrogen-bond donors (Lipinski definition) is 0. The predicted octanol–water partition coefficient (Wildman–Crippen LogP) is 2.75. The van der Waals surface area contributed by atoms with Crippen LogP contribution in [0.5, 0.6) is 0 Å².